The summed E-state index contributed by atoms with van der Waals surface area (Å²) in [5.41, 5.74) is 1.37. The van der Waals surface area contributed by atoms with Crippen molar-refractivity contribution in [2.75, 3.05) is 26.7 Å². The zero-order valence-corrected chi connectivity index (χ0v) is 16.2. The second kappa shape index (κ2) is 7.98. The number of likely N-dealkylation sites (tertiary alicyclic amines) is 1. The molecule has 144 valence electrons. The zero-order valence-electron chi connectivity index (χ0n) is 16.2. The van der Waals surface area contributed by atoms with E-state index in [0.29, 0.717) is 12.5 Å². The van der Waals surface area contributed by atoms with E-state index < -0.39 is 0 Å². The van der Waals surface area contributed by atoms with E-state index in [0.717, 1.165) is 68.8 Å². The highest BCUT2D eigenvalue weighted by Crippen LogP contribution is 2.28. The highest BCUT2D eigenvalue weighted by molar-refractivity contribution is 5.80. The number of fused-ring (bicyclic) bond motifs is 1. The van der Waals surface area contributed by atoms with E-state index in [-0.39, 0.29) is 0 Å². The zero-order chi connectivity index (χ0) is 18.6. The van der Waals surface area contributed by atoms with Crippen molar-refractivity contribution in [1.82, 2.24) is 25.0 Å². The van der Waals surface area contributed by atoms with Crippen LogP contribution in [0.4, 0.5) is 0 Å². The molecule has 0 saturated carbocycles. The first-order valence-electron chi connectivity index (χ1n) is 9.86. The van der Waals surface area contributed by atoms with E-state index in [1.165, 1.54) is 5.56 Å². The molecule has 7 heteroatoms. The fourth-order valence-electron chi connectivity index (χ4n) is 4.00. The Hall–Kier alpha value is -2.57. The molecule has 4 rings (SSSR count). The first kappa shape index (κ1) is 17.8. The van der Waals surface area contributed by atoms with Gasteiger partial charge in [-0.05, 0) is 37.5 Å². The van der Waals surface area contributed by atoms with Crippen LogP contribution in [0.1, 0.15) is 42.9 Å². The number of aromatic nitrogens is 3. The first-order valence-corrected chi connectivity index (χ1v) is 9.86. The minimum atomic E-state index is 0.525. The molecule has 1 saturated heterocycles. The van der Waals surface area contributed by atoms with Gasteiger partial charge in [-0.3, -0.25) is 0 Å². The minimum Gasteiger partial charge on any atom is -0.497 e. The Morgan fingerprint density at radius 1 is 1.26 bits per heavy atom. The van der Waals surface area contributed by atoms with Crippen LogP contribution in [0.3, 0.4) is 0 Å². The van der Waals surface area contributed by atoms with Gasteiger partial charge >= 0.3 is 0 Å². The molecule has 1 atom stereocenters. The van der Waals surface area contributed by atoms with E-state index in [1.807, 2.05) is 12.1 Å². The Bertz CT molecular complexity index is 797. The van der Waals surface area contributed by atoms with Crippen molar-refractivity contribution < 1.29 is 4.74 Å². The molecule has 0 radical (unpaired) electrons. The number of nitrogens with zero attached hydrogens (tertiary/aromatic N) is 5. The van der Waals surface area contributed by atoms with Crippen LogP contribution in [-0.2, 0) is 19.5 Å². The van der Waals surface area contributed by atoms with Crippen molar-refractivity contribution in [2.24, 2.45) is 4.99 Å². The third-order valence-electron chi connectivity index (χ3n) is 5.47. The molecule has 2 aliphatic rings. The molecule has 1 N–H and O–H groups in total. The Morgan fingerprint density at radius 2 is 2.11 bits per heavy atom. The van der Waals surface area contributed by atoms with Crippen LogP contribution < -0.4 is 10.1 Å². The van der Waals surface area contributed by atoms with Crippen molar-refractivity contribution in [3.05, 3.63) is 41.5 Å². The number of rotatable bonds is 5. The number of nitrogens with one attached hydrogen (secondary N) is 1. The van der Waals surface area contributed by atoms with Gasteiger partial charge in [0.15, 0.2) is 11.8 Å². The lowest BCUT2D eigenvalue weighted by molar-refractivity contribution is 0.414. The van der Waals surface area contributed by atoms with E-state index in [2.05, 4.69) is 44.0 Å². The lowest BCUT2D eigenvalue weighted by Crippen LogP contribution is -2.40. The smallest absolute Gasteiger partial charge is 0.194 e. The molecule has 7 nitrogen and oxygen atoms in total. The molecular weight excluding hydrogens is 340 g/mol. The predicted octanol–water partition coefficient (Wildman–Crippen LogP) is 2.19. The maximum Gasteiger partial charge on any atom is 0.194 e. The average Bonchev–Trinajstić information content (AvgIpc) is 3.43. The number of aryl methyl sites for hydroxylation is 1. The molecule has 0 spiro atoms. The summed E-state index contributed by atoms with van der Waals surface area (Å²) in [6, 6.07) is 8.44. The summed E-state index contributed by atoms with van der Waals surface area (Å²) in [7, 11) is 1.70. The van der Waals surface area contributed by atoms with Crippen molar-refractivity contribution in [2.45, 2.75) is 45.2 Å². The van der Waals surface area contributed by atoms with Gasteiger partial charge in [0.05, 0.1) is 7.11 Å². The average molecular weight is 368 g/mol. The van der Waals surface area contributed by atoms with Crippen molar-refractivity contribution in [1.29, 1.82) is 0 Å². The number of benzene rings is 1. The summed E-state index contributed by atoms with van der Waals surface area (Å²) in [5.74, 6) is 4.49. The summed E-state index contributed by atoms with van der Waals surface area (Å²) >= 11 is 0. The predicted molar refractivity (Wildman–Crippen MR) is 105 cm³/mol. The van der Waals surface area contributed by atoms with Gasteiger partial charge in [-0.1, -0.05) is 12.1 Å². The van der Waals surface area contributed by atoms with Gasteiger partial charge in [0.25, 0.3) is 0 Å². The van der Waals surface area contributed by atoms with E-state index in [4.69, 9.17) is 9.73 Å². The minimum absolute atomic E-state index is 0.525. The molecule has 2 aliphatic heterocycles. The molecule has 3 heterocycles. The highest BCUT2D eigenvalue weighted by Gasteiger charge is 2.26. The second-order valence-corrected chi connectivity index (χ2v) is 7.16. The van der Waals surface area contributed by atoms with E-state index in [9.17, 15) is 0 Å². The number of guanidine groups is 1. The van der Waals surface area contributed by atoms with Crippen LogP contribution >= 0.6 is 0 Å². The largest absolute Gasteiger partial charge is 0.497 e. The van der Waals surface area contributed by atoms with Gasteiger partial charge in [-0.2, -0.15) is 0 Å². The molecular formula is C20H28N6O. The van der Waals surface area contributed by atoms with Gasteiger partial charge in [0.2, 0.25) is 0 Å². The molecule has 27 heavy (non-hydrogen) atoms. The number of hydrogen-bond acceptors (Lipinski definition) is 4. The Labute approximate surface area is 160 Å². The van der Waals surface area contributed by atoms with Crippen LogP contribution in [0, 0.1) is 0 Å². The third-order valence-corrected chi connectivity index (χ3v) is 5.47. The maximum absolute atomic E-state index is 5.27. The fourth-order valence-corrected chi connectivity index (χ4v) is 4.00. The molecule has 1 aromatic heterocycles. The molecule has 1 fully saturated rings. The molecule has 1 aromatic carbocycles. The van der Waals surface area contributed by atoms with Gasteiger partial charge in [0, 0.05) is 38.5 Å². The summed E-state index contributed by atoms with van der Waals surface area (Å²) in [6.07, 6.45) is 3.33. The number of ether oxygens (including phenoxy) is 1. The normalized spacial score (nSPS) is 19.4. The maximum atomic E-state index is 5.27. The molecule has 0 bridgehead atoms. The van der Waals surface area contributed by atoms with Crippen molar-refractivity contribution in [3.63, 3.8) is 0 Å². The number of hydrogen-bond donors (Lipinski definition) is 1. The summed E-state index contributed by atoms with van der Waals surface area (Å²) in [5, 5.41) is 12.0. The van der Waals surface area contributed by atoms with Crippen molar-refractivity contribution >= 4 is 5.96 Å². The summed E-state index contributed by atoms with van der Waals surface area (Å²) in [4.78, 5) is 7.22. The SMILES string of the molecule is CCNC(=NCc1nnc2n1CCC2)N1CCC(c2ccc(OC)cc2)C1. The van der Waals surface area contributed by atoms with Crippen LogP contribution in [-0.4, -0.2) is 52.4 Å². The van der Waals surface area contributed by atoms with Crippen LogP contribution in [0.5, 0.6) is 5.75 Å². The lowest BCUT2D eigenvalue weighted by Gasteiger charge is -2.21. The summed E-state index contributed by atoms with van der Waals surface area (Å²) < 4.78 is 7.49. The highest BCUT2D eigenvalue weighted by atomic mass is 16.5. The van der Waals surface area contributed by atoms with Crippen molar-refractivity contribution in [3.8, 4) is 5.75 Å². The van der Waals surface area contributed by atoms with E-state index >= 15 is 0 Å². The monoisotopic (exact) mass is 368 g/mol. The second-order valence-electron chi connectivity index (χ2n) is 7.16. The quantitative estimate of drug-likeness (QED) is 0.647. The number of methoxy groups -OCH3 is 1. The summed E-state index contributed by atoms with van der Waals surface area (Å²) in [6.45, 7) is 6.57. The first-order chi connectivity index (χ1) is 13.3. The standard InChI is InChI=1S/C20H28N6O/c1-3-21-20(22-13-19-24-23-18-5-4-11-26(18)19)25-12-10-16(14-25)15-6-8-17(27-2)9-7-15/h6-9,16H,3-5,10-14H2,1-2H3,(H,21,22). The van der Waals surface area contributed by atoms with Crippen LogP contribution in [0.15, 0.2) is 29.3 Å². The van der Waals surface area contributed by atoms with Gasteiger partial charge in [0.1, 0.15) is 18.1 Å². The van der Waals surface area contributed by atoms with Gasteiger partial charge in [-0.25, -0.2) is 4.99 Å². The lowest BCUT2D eigenvalue weighted by atomic mass is 9.98. The third kappa shape index (κ3) is 3.77. The fraction of sp³-hybridized carbons (Fsp3) is 0.550. The van der Waals surface area contributed by atoms with Crippen LogP contribution in [0.25, 0.3) is 0 Å². The molecule has 0 aliphatic carbocycles. The topological polar surface area (TPSA) is 67.6 Å². The Balaban J connectivity index is 1.44. The molecule has 1 unspecified atom stereocenters. The van der Waals surface area contributed by atoms with Crippen LogP contribution in [0.2, 0.25) is 0 Å². The Morgan fingerprint density at radius 3 is 2.89 bits per heavy atom. The number of aliphatic imine (C=N–C) groups is 1. The van der Waals surface area contributed by atoms with E-state index in [1.54, 1.807) is 7.11 Å². The molecule has 2 aromatic rings. The van der Waals surface area contributed by atoms with Gasteiger partial charge in [-0.15, -0.1) is 10.2 Å². The molecule has 0 amide bonds. The van der Waals surface area contributed by atoms with Gasteiger partial charge < -0.3 is 19.5 Å². The Kier molecular flexibility index (Phi) is 5.27.